The smallest absolute Gasteiger partial charge is 0.352 e. The number of nitrogens with zero attached hydrogens (tertiary/aromatic N) is 2. The number of carbonyl (C=O) groups excluding carboxylic acids is 2. The van der Waals surface area contributed by atoms with Gasteiger partial charge in [0, 0.05) is 36.0 Å². The summed E-state index contributed by atoms with van der Waals surface area (Å²) in [5, 5.41) is 4.64. The maximum Gasteiger partial charge on any atom is 0.416 e. The van der Waals surface area contributed by atoms with Gasteiger partial charge in [-0.05, 0) is 57.2 Å². The molecule has 8 nitrogen and oxygen atoms in total. The standard InChI is InChI=1S/C26H35F3N4O4S/c1-16(2)24-30-10-11-33(24)21-8-9-22(19(13-21)15-38(36,37)17(3)4)32-23(34)14-31-25(35)18-6-5-7-20(12-18)26(27,28)29/h5-7,10-12,16-17,19,21-22H,8-9,13-15H2,1-4H3,(H,31,35)(H,32,34)/t19-,21-,22+/m1/s1. The Morgan fingerprint density at radius 1 is 1.16 bits per heavy atom. The van der Waals surface area contributed by atoms with Crippen LogP contribution >= 0.6 is 0 Å². The third-order valence-corrected chi connectivity index (χ3v) is 9.26. The van der Waals surface area contributed by atoms with E-state index in [9.17, 15) is 31.2 Å². The summed E-state index contributed by atoms with van der Waals surface area (Å²) in [6.45, 7) is 6.88. The fourth-order valence-electron chi connectivity index (χ4n) is 4.79. The van der Waals surface area contributed by atoms with Gasteiger partial charge in [0.15, 0.2) is 9.84 Å². The molecule has 38 heavy (non-hydrogen) atoms. The largest absolute Gasteiger partial charge is 0.416 e. The molecule has 1 fully saturated rings. The lowest BCUT2D eigenvalue weighted by Gasteiger charge is -2.38. The summed E-state index contributed by atoms with van der Waals surface area (Å²) in [7, 11) is -3.40. The predicted octanol–water partition coefficient (Wildman–Crippen LogP) is 4.10. The van der Waals surface area contributed by atoms with Crippen LogP contribution in [0.2, 0.25) is 0 Å². The van der Waals surface area contributed by atoms with Crippen LogP contribution in [-0.2, 0) is 20.8 Å². The number of alkyl halides is 3. The highest BCUT2D eigenvalue weighted by Gasteiger charge is 2.37. The van der Waals surface area contributed by atoms with Gasteiger partial charge in [0.05, 0.1) is 23.1 Å². The average molecular weight is 557 g/mol. The van der Waals surface area contributed by atoms with Crippen LogP contribution in [-0.4, -0.2) is 53.4 Å². The predicted molar refractivity (Wildman–Crippen MR) is 137 cm³/mol. The first kappa shape index (κ1) is 29.7. The molecule has 2 amide bonds. The minimum Gasteiger partial charge on any atom is -0.352 e. The number of imidazole rings is 1. The van der Waals surface area contributed by atoms with E-state index in [4.69, 9.17) is 0 Å². The molecule has 0 unspecified atom stereocenters. The monoisotopic (exact) mass is 556 g/mol. The summed E-state index contributed by atoms with van der Waals surface area (Å²) < 4.78 is 66.5. The second-order valence-corrected chi connectivity index (χ2v) is 13.0. The fraction of sp³-hybridized carbons (Fsp3) is 0.577. The van der Waals surface area contributed by atoms with E-state index in [1.165, 1.54) is 6.07 Å². The normalized spacial score (nSPS) is 20.5. The molecule has 1 aromatic heterocycles. The molecule has 2 N–H and O–H groups in total. The molecule has 0 spiro atoms. The fourth-order valence-corrected chi connectivity index (χ4v) is 6.14. The summed E-state index contributed by atoms with van der Waals surface area (Å²) in [5.41, 5.74) is -1.17. The lowest BCUT2D eigenvalue weighted by molar-refractivity contribution is -0.137. The van der Waals surface area contributed by atoms with Crippen molar-refractivity contribution >= 4 is 21.7 Å². The molecule has 1 saturated carbocycles. The average Bonchev–Trinajstić information content (AvgIpc) is 3.33. The van der Waals surface area contributed by atoms with Gasteiger partial charge < -0.3 is 15.2 Å². The molecule has 3 rings (SSSR count). The molecule has 1 heterocycles. The van der Waals surface area contributed by atoms with Crippen molar-refractivity contribution in [3.63, 3.8) is 0 Å². The molecule has 0 bridgehead atoms. The van der Waals surface area contributed by atoms with Crippen molar-refractivity contribution < 1.29 is 31.2 Å². The van der Waals surface area contributed by atoms with Crippen LogP contribution in [0, 0.1) is 5.92 Å². The second-order valence-electron chi connectivity index (χ2n) is 10.4. The molecule has 0 aliphatic heterocycles. The first-order chi connectivity index (χ1) is 17.7. The number of carbonyl (C=O) groups is 2. The summed E-state index contributed by atoms with van der Waals surface area (Å²) >= 11 is 0. The molecule has 0 saturated heterocycles. The summed E-state index contributed by atoms with van der Waals surface area (Å²) in [5.74, 6) is -0.678. The maximum atomic E-state index is 12.9. The number of amides is 2. The van der Waals surface area contributed by atoms with Gasteiger partial charge in [-0.2, -0.15) is 13.2 Å². The Labute approximate surface area is 221 Å². The van der Waals surface area contributed by atoms with Crippen LogP contribution in [0.1, 0.15) is 80.7 Å². The topological polar surface area (TPSA) is 110 Å². The van der Waals surface area contributed by atoms with Crippen molar-refractivity contribution in [3.8, 4) is 0 Å². The Balaban J connectivity index is 1.68. The number of benzene rings is 1. The maximum absolute atomic E-state index is 12.9. The molecule has 1 aliphatic rings. The Morgan fingerprint density at radius 2 is 1.87 bits per heavy atom. The van der Waals surface area contributed by atoms with Crippen molar-refractivity contribution in [2.24, 2.45) is 5.92 Å². The van der Waals surface area contributed by atoms with Crippen molar-refractivity contribution in [2.45, 2.75) is 76.4 Å². The zero-order chi connectivity index (χ0) is 28.3. The van der Waals surface area contributed by atoms with Crippen LogP contribution in [0.5, 0.6) is 0 Å². The van der Waals surface area contributed by atoms with Crippen LogP contribution in [0.15, 0.2) is 36.7 Å². The van der Waals surface area contributed by atoms with Gasteiger partial charge in [-0.25, -0.2) is 13.4 Å². The summed E-state index contributed by atoms with van der Waals surface area (Å²) in [6, 6.07) is 3.56. The van der Waals surface area contributed by atoms with Crippen LogP contribution in [0.4, 0.5) is 13.2 Å². The lowest BCUT2D eigenvalue weighted by atomic mass is 9.82. The van der Waals surface area contributed by atoms with E-state index in [1.54, 1.807) is 20.0 Å². The molecule has 210 valence electrons. The number of aromatic nitrogens is 2. The highest BCUT2D eigenvalue weighted by atomic mass is 32.2. The second kappa shape index (κ2) is 11.9. The molecule has 2 aromatic rings. The number of halogens is 3. The van der Waals surface area contributed by atoms with Crippen molar-refractivity contribution in [1.82, 2.24) is 20.2 Å². The van der Waals surface area contributed by atoms with E-state index in [0.717, 1.165) is 24.0 Å². The highest BCUT2D eigenvalue weighted by molar-refractivity contribution is 7.91. The first-order valence-electron chi connectivity index (χ1n) is 12.7. The molecular weight excluding hydrogens is 521 g/mol. The van der Waals surface area contributed by atoms with E-state index in [1.807, 2.05) is 20.0 Å². The Hall–Kier alpha value is -2.89. The number of rotatable bonds is 9. The molecule has 3 atom stereocenters. The van der Waals surface area contributed by atoms with E-state index in [2.05, 4.69) is 20.2 Å². The SMILES string of the molecule is CC(C)c1nccn1[C@@H]1CC[C@H](NC(=O)CNC(=O)c2cccc(C(F)(F)F)c2)[C@@H](CS(=O)(=O)C(C)C)C1. The van der Waals surface area contributed by atoms with Gasteiger partial charge >= 0.3 is 6.18 Å². The third kappa shape index (κ3) is 7.36. The number of nitrogens with one attached hydrogen (secondary N) is 2. The Morgan fingerprint density at radius 3 is 2.50 bits per heavy atom. The minimum atomic E-state index is -4.59. The van der Waals surface area contributed by atoms with E-state index in [-0.39, 0.29) is 29.2 Å². The third-order valence-electron chi connectivity index (χ3n) is 6.94. The Kier molecular flexibility index (Phi) is 9.27. The first-order valence-corrected chi connectivity index (χ1v) is 14.4. The molecule has 1 aromatic carbocycles. The van der Waals surface area contributed by atoms with E-state index >= 15 is 0 Å². The number of sulfone groups is 1. The van der Waals surface area contributed by atoms with Gasteiger partial charge in [-0.3, -0.25) is 9.59 Å². The molecule has 0 radical (unpaired) electrons. The van der Waals surface area contributed by atoms with Crippen LogP contribution in [0.3, 0.4) is 0 Å². The number of hydrogen-bond donors (Lipinski definition) is 2. The van der Waals surface area contributed by atoms with Crippen molar-refractivity contribution in [2.75, 3.05) is 12.3 Å². The highest BCUT2D eigenvalue weighted by Crippen LogP contribution is 2.36. The van der Waals surface area contributed by atoms with Gasteiger partial charge in [-0.1, -0.05) is 19.9 Å². The zero-order valence-corrected chi connectivity index (χ0v) is 22.8. The summed E-state index contributed by atoms with van der Waals surface area (Å²) in [4.78, 5) is 29.5. The quantitative estimate of drug-likeness (QED) is 0.483. The zero-order valence-electron chi connectivity index (χ0n) is 22.0. The van der Waals surface area contributed by atoms with E-state index in [0.29, 0.717) is 19.3 Å². The van der Waals surface area contributed by atoms with Gasteiger partial charge in [0.2, 0.25) is 5.91 Å². The van der Waals surface area contributed by atoms with Crippen LogP contribution < -0.4 is 10.6 Å². The Bertz CT molecular complexity index is 1240. The van der Waals surface area contributed by atoms with Gasteiger partial charge in [-0.15, -0.1) is 0 Å². The van der Waals surface area contributed by atoms with Gasteiger partial charge in [0.25, 0.3) is 5.91 Å². The summed E-state index contributed by atoms with van der Waals surface area (Å²) in [6.07, 6.45) is 0.808. The molecule has 1 aliphatic carbocycles. The van der Waals surface area contributed by atoms with Crippen molar-refractivity contribution in [1.29, 1.82) is 0 Å². The number of hydrogen-bond acceptors (Lipinski definition) is 5. The van der Waals surface area contributed by atoms with E-state index < -0.39 is 51.2 Å². The van der Waals surface area contributed by atoms with Gasteiger partial charge in [0.1, 0.15) is 5.82 Å². The lowest BCUT2D eigenvalue weighted by Crippen LogP contribution is -2.49. The molecule has 12 heteroatoms. The van der Waals surface area contributed by atoms with Crippen LogP contribution in [0.25, 0.3) is 0 Å². The van der Waals surface area contributed by atoms with Crippen molar-refractivity contribution in [3.05, 3.63) is 53.6 Å². The minimum absolute atomic E-state index is 0.0380. The molecular formula is C26H35F3N4O4S.